The molecule has 2 N–H and O–H groups in total. The highest BCUT2D eigenvalue weighted by Gasteiger charge is 2.17. The lowest BCUT2D eigenvalue weighted by molar-refractivity contribution is 0.0693. The number of carbonyl (C=O) groups is 1. The number of anilines is 1. The van der Waals surface area contributed by atoms with E-state index in [1.165, 1.54) is 10.5 Å². The van der Waals surface area contributed by atoms with Crippen molar-refractivity contribution in [1.29, 1.82) is 0 Å². The molecule has 1 aliphatic rings. The topological polar surface area (TPSA) is 76.1 Å². The molecule has 0 radical (unpaired) electrons. The zero-order valence-corrected chi connectivity index (χ0v) is 15.7. The first-order chi connectivity index (χ1) is 12.7. The molecule has 26 heavy (non-hydrogen) atoms. The molecule has 1 fully saturated rings. The first-order valence-corrected chi connectivity index (χ1v) is 9.85. The molecule has 7 heteroatoms. The SMILES string of the molecule is Cc1ccc(SCCNc2ccc(C(=O)NC3CCOCC3)nn2)cc1. The lowest BCUT2D eigenvalue weighted by Crippen LogP contribution is -2.39. The fraction of sp³-hybridized carbons (Fsp3) is 0.421. The second kappa shape index (κ2) is 9.54. The molecule has 2 heterocycles. The van der Waals surface area contributed by atoms with Gasteiger partial charge in [0, 0.05) is 36.4 Å². The van der Waals surface area contributed by atoms with Crippen molar-refractivity contribution in [3.05, 3.63) is 47.7 Å². The molecule has 0 saturated carbocycles. The van der Waals surface area contributed by atoms with E-state index in [1.54, 1.807) is 23.9 Å². The minimum Gasteiger partial charge on any atom is -0.381 e. The maximum absolute atomic E-state index is 12.2. The second-order valence-electron chi connectivity index (χ2n) is 6.25. The standard InChI is InChI=1S/C19H24N4O2S/c1-14-2-4-16(5-3-14)26-13-10-20-18-7-6-17(22-23-18)19(24)21-15-8-11-25-12-9-15/h2-7,15H,8-13H2,1H3,(H,20,23)(H,21,24). The molecule has 138 valence electrons. The number of aromatic nitrogens is 2. The van der Waals surface area contributed by atoms with Gasteiger partial charge in [-0.05, 0) is 44.0 Å². The zero-order chi connectivity index (χ0) is 18.2. The molecule has 0 unspecified atom stereocenters. The molecule has 1 aliphatic heterocycles. The Bertz CT molecular complexity index is 700. The van der Waals surface area contributed by atoms with E-state index in [0.717, 1.165) is 25.1 Å². The van der Waals surface area contributed by atoms with Gasteiger partial charge >= 0.3 is 0 Å². The average molecular weight is 372 g/mol. The van der Waals surface area contributed by atoms with Crippen LogP contribution in [-0.4, -0.2) is 47.7 Å². The Morgan fingerprint density at radius 1 is 1.15 bits per heavy atom. The summed E-state index contributed by atoms with van der Waals surface area (Å²) in [7, 11) is 0. The number of hydrogen-bond acceptors (Lipinski definition) is 6. The van der Waals surface area contributed by atoms with E-state index < -0.39 is 0 Å². The highest BCUT2D eigenvalue weighted by Crippen LogP contribution is 2.18. The minimum atomic E-state index is -0.175. The predicted molar refractivity (Wildman–Crippen MR) is 104 cm³/mol. The van der Waals surface area contributed by atoms with Gasteiger partial charge in [-0.25, -0.2) is 0 Å². The van der Waals surface area contributed by atoms with Gasteiger partial charge in [-0.2, -0.15) is 0 Å². The third-order valence-electron chi connectivity index (χ3n) is 4.15. The van der Waals surface area contributed by atoms with E-state index in [0.29, 0.717) is 24.7 Å². The van der Waals surface area contributed by atoms with Crippen LogP contribution in [0.15, 0.2) is 41.3 Å². The smallest absolute Gasteiger partial charge is 0.272 e. The van der Waals surface area contributed by atoms with E-state index in [9.17, 15) is 4.79 Å². The van der Waals surface area contributed by atoms with E-state index >= 15 is 0 Å². The van der Waals surface area contributed by atoms with Crippen molar-refractivity contribution >= 4 is 23.5 Å². The summed E-state index contributed by atoms with van der Waals surface area (Å²) in [5.74, 6) is 1.43. The molecule has 1 aromatic heterocycles. The van der Waals surface area contributed by atoms with Crippen molar-refractivity contribution in [2.75, 3.05) is 30.8 Å². The van der Waals surface area contributed by atoms with Gasteiger partial charge < -0.3 is 15.4 Å². The van der Waals surface area contributed by atoms with Crippen LogP contribution in [0.5, 0.6) is 0 Å². The van der Waals surface area contributed by atoms with E-state index in [2.05, 4.69) is 52.0 Å². The van der Waals surface area contributed by atoms with Gasteiger partial charge in [-0.3, -0.25) is 4.79 Å². The van der Waals surface area contributed by atoms with Crippen molar-refractivity contribution < 1.29 is 9.53 Å². The van der Waals surface area contributed by atoms with Crippen LogP contribution in [0, 0.1) is 6.92 Å². The van der Waals surface area contributed by atoms with Crippen molar-refractivity contribution in [3.8, 4) is 0 Å². The number of nitrogens with one attached hydrogen (secondary N) is 2. The Balaban J connectivity index is 1.40. The van der Waals surface area contributed by atoms with Crippen LogP contribution in [0.3, 0.4) is 0 Å². The largest absolute Gasteiger partial charge is 0.381 e. The highest BCUT2D eigenvalue weighted by molar-refractivity contribution is 7.99. The Morgan fingerprint density at radius 3 is 2.62 bits per heavy atom. The number of hydrogen-bond donors (Lipinski definition) is 2. The summed E-state index contributed by atoms with van der Waals surface area (Å²) in [6, 6.07) is 12.2. The second-order valence-corrected chi connectivity index (χ2v) is 7.42. The minimum absolute atomic E-state index is 0.162. The van der Waals surface area contributed by atoms with Crippen LogP contribution in [-0.2, 0) is 4.74 Å². The van der Waals surface area contributed by atoms with E-state index in [1.807, 2.05) is 0 Å². The van der Waals surface area contributed by atoms with Crippen molar-refractivity contribution in [3.63, 3.8) is 0 Å². The Labute approximate surface area is 158 Å². The molecule has 0 spiro atoms. The first kappa shape index (κ1) is 18.7. The Hall–Kier alpha value is -2.12. The number of aryl methyl sites for hydroxylation is 1. The summed E-state index contributed by atoms with van der Waals surface area (Å²) in [5, 5.41) is 14.3. The van der Waals surface area contributed by atoms with Crippen LogP contribution in [0.25, 0.3) is 0 Å². The summed E-state index contributed by atoms with van der Waals surface area (Å²) in [6.45, 7) is 4.25. The fourth-order valence-electron chi connectivity index (χ4n) is 2.63. The molecule has 1 saturated heterocycles. The molecule has 0 bridgehead atoms. The van der Waals surface area contributed by atoms with Crippen LogP contribution < -0.4 is 10.6 Å². The van der Waals surface area contributed by atoms with Crippen LogP contribution in [0.2, 0.25) is 0 Å². The maximum atomic E-state index is 12.2. The summed E-state index contributed by atoms with van der Waals surface area (Å²) in [6.07, 6.45) is 1.69. The van der Waals surface area contributed by atoms with Gasteiger partial charge in [0.2, 0.25) is 0 Å². The van der Waals surface area contributed by atoms with Crippen LogP contribution in [0.1, 0.15) is 28.9 Å². The molecule has 1 amide bonds. The lowest BCUT2D eigenvalue weighted by atomic mass is 10.1. The molecule has 0 aliphatic carbocycles. The molecule has 2 aromatic rings. The Kier molecular flexibility index (Phi) is 6.85. The maximum Gasteiger partial charge on any atom is 0.272 e. The van der Waals surface area contributed by atoms with Crippen LogP contribution in [0.4, 0.5) is 5.82 Å². The monoisotopic (exact) mass is 372 g/mol. The molecule has 0 atom stereocenters. The quantitative estimate of drug-likeness (QED) is 0.575. The summed E-state index contributed by atoms with van der Waals surface area (Å²) >= 11 is 1.79. The number of rotatable bonds is 7. The first-order valence-electron chi connectivity index (χ1n) is 8.86. The van der Waals surface area contributed by atoms with Crippen molar-refractivity contribution in [1.82, 2.24) is 15.5 Å². The number of carbonyl (C=O) groups excluding carboxylic acids is 1. The summed E-state index contributed by atoms with van der Waals surface area (Å²) < 4.78 is 5.29. The molecule has 1 aromatic carbocycles. The number of benzene rings is 1. The summed E-state index contributed by atoms with van der Waals surface area (Å²) in [4.78, 5) is 13.4. The van der Waals surface area contributed by atoms with Gasteiger partial charge in [0.1, 0.15) is 5.82 Å². The molecular weight excluding hydrogens is 348 g/mol. The van der Waals surface area contributed by atoms with E-state index in [-0.39, 0.29) is 11.9 Å². The molecular formula is C19H24N4O2S. The van der Waals surface area contributed by atoms with Gasteiger partial charge in [0.05, 0.1) is 0 Å². The normalized spacial score (nSPS) is 14.8. The number of ether oxygens (including phenoxy) is 1. The Morgan fingerprint density at radius 2 is 1.92 bits per heavy atom. The highest BCUT2D eigenvalue weighted by atomic mass is 32.2. The predicted octanol–water partition coefficient (Wildman–Crippen LogP) is 2.90. The molecule has 6 nitrogen and oxygen atoms in total. The average Bonchev–Trinajstić information content (AvgIpc) is 2.68. The van der Waals surface area contributed by atoms with Gasteiger partial charge in [-0.15, -0.1) is 22.0 Å². The van der Waals surface area contributed by atoms with Crippen molar-refractivity contribution in [2.24, 2.45) is 0 Å². The third-order valence-corrected chi connectivity index (χ3v) is 5.17. The van der Waals surface area contributed by atoms with Crippen molar-refractivity contribution in [2.45, 2.75) is 30.7 Å². The number of nitrogens with zero attached hydrogens (tertiary/aromatic N) is 2. The van der Waals surface area contributed by atoms with Gasteiger partial charge in [0.15, 0.2) is 5.69 Å². The van der Waals surface area contributed by atoms with E-state index in [4.69, 9.17) is 4.74 Å². The molecule has 3 rings (SSSR count). The van der Waals surface area contributed by atoms with Gasteiger partial charge in [0.25, 0.3) is 5.91 Å². The number of amides is 1. The zero-order valence-electron chi connectivity index (χ0n) is 14.9. The summed E-state index contributed by atoms with van der Waals surface area (Å²) in [5.41, 5.74) is 1.61. The third kappa shape index (κ3) is 5.71. The number of thioether (sulfide) groups is 1. The lowest BCUT2D eigenvalue weighted by Gasteiger charge is -2.22. The van der Waals surface area contributed by atoms with Crippen LogP contribution >= 0.6 is 11.8 Å². The fourth-order valence-corrected chi connectivity index (χ4v) is 3.40. The van der Waals surface area contributed by atoms with Gasteiger partial charge in [-0.1, -0.05) is 17.7 Å².